The van der Waals surface area contributed by atoms with E-state index >= 15 is 0 Å². The van der Waals surface area contributed by atoms with Gasteiger partial charge in [-0.05, 0) is 66.6 Å². The monoisotopic (exact) mass is 476 g/mol. The number of rotatable bonds is 8. The summed E-state index contributed by atoms with van der Waals surface area (Å²) < 4.78 is 11.6. The molecule has 160 valence electrons. The van der Waals surface area contributed by atoms with Gasteiger partial charge in [0.15, 0.2) is 11.5 Å². The molecule has 3 aromatic carbocycles. The van der Waals surface area contributed by atoms with Gasteiger partial charge < -0.3 is 9.47 Å². The van der Waals surface area contributed by atoms with Crippen LogP contribution in [-0.4, -0.2) is 18.7 Å². The Balaban J connectivity index is 1.66. The van der Waals surface area contributed by atoms with Crippen molar-refractivity contribution < 1.29 is 14.3 Å². The van der Waals surface area contributed by atoms with Crippen molar-refractivity contribution in [2.45, 2.75) is 13.5 Å². The molecule has 0 aliphatic carbocycles. The lowest BCUT2D eigenvalue weighted by Crippen LogP contribution is -2.17. The van der Waals surface area contributed by atoms with E-state index in [0.29, 0.717) is 45.3 Å². The Hall–Kier alpha value is -2.73. The van der Waals surface area contributed by atoms with E-state index in [9.17, 15) is 4.79 Å². The SMILES string of the molecule is CCOc1cc(/C=N\NC(=O)c2cccc(Cl)c2)ccc1OCc1ccc(Cl)c(Cl)c1. The average Bonchev–Trinajstić information content (AvgIpc) is 2.75. The number of hydrazone groups is 1. The van der Waals surface area contributed by atoms with Gasteiger partial charge in [-0.3, -0.25) is 4.79 Å². The lowest BCUT2D eigenvalue weighted by molar-refractivity contribution is 0.0955. The summed E-state index contributed by atoms with van der Waals surface area (Å²) in [6, 6.07) is 17.3. The third kappa shape index (κ3) is 6.62. The van der Waals surface area contributed by atoms with Gasteiger partial charge in [0.05, 0.1) is 22.9 Å². The third-order valence-electron chi connectivity index (χ3n) is 4.11. The van der Waals surface area contributed by atoms with Crippen molar-refractivity contribution in [1.29, 1.82) is 0 Å². The molecule has 0 atom stereocenters. The summed E-state index contributed by atoms with van der Waals surface area (Å²) >= 11 is 17.9. The number of benzene rings is 3. The van der Waals surface area contributed by atoms with Crippen LogP contribution < -0.4 is 14.9 Å². The maximum absolute atomic E-state index is 12.1. The largest absolute Gasteiger partial charge is 0.490 e. The quantitative estimate of drug-likeness (QED) is 0.302. The molecule has 0 fully saturated rings. The standard InChI is InChI=1S/C23H19Cl3N2O3/c1-2-30-22-11-15(13-27-28-23(29)17-4-3-5-18(24)12-17)7-9-21(22)31-14-16-6-8-19(25)20(26)10-16/h3-13H,2,14H2,1H3,(H,28,29)/b27-13-. The molecule has 0 radical (unpaired) electrons. The van der Waals surface area contributed by atoms with Gasteiger partial charge in [-0.25, -0.2) is 5.43 Å². The molecule has 0 unspecified atom stereocenters. The minimum absolute atomic E-state index is 0.306. The third-order valence-corrected chi connectivity index (χ3v) is 5.09. The van der Waals surface area contributed by atoms with Crippen LogP contribution in [0.4, 0.5) is 0 Å². The highest BCUT2D eigenvalue weighted by molar-refractivity contribution is 6.42. The molecule has 8 heteroatoms. The van der Waals surface area contributed by atoms with Gasteiger partial charge in [0, 0.05) is 10.6 Å². The fourth-order valence-electron chi connectivity index (χ4n) is 2.64. The van der Waals surface area contributed by atoms with Crippen molar-refractivity contribution in [3.8, 4) is 11.5 Å². The van der Waals surface area contributed by atoms with Crippen molar-refractivity contribution in [3.63, 3.8) is 0 Å². The number of halogens is 3. The molecule has 3 rings (SSSR count). The second-order valence-electron chi connectivity index (χ2n) is 6.39. The predicted molar refractivity (Wildman–Crippen MR) is 125 cm³/mol. The van der Waals surface area contributed by atoms with E-state index in [-0.39, 0.29) is 5.91 Å². The number of carbonyl (C=O) groups excluding carboxylic acids is 1. The molecule has 0 aromatic heterocycles. The van der Waals surface area contributed by atoms with E-state index in [1.54, 1.807) is 48.5 Å². The van der Waals surface area contributed by atoms with Crippen LogP contribution >= 0.6 is 34.8 Å². The van der Waals surface area contributed by atoms with Crippen LogP contribution in [0.5, 0.6) is 11.5 Å². The smallest absolute Gasteiger partial charge is 0.271 e. The van der Waals surface area contributed by atoms with Gasteiger partial charge in [0.2, 0.25) is 0 Å². The van der Waals surface area contributed by atoms with E-state index < -0.39 is 0 Å². The van der Waals surface area contributed by atoms with E-state index in [0.717, 1.165) is 11.1 Å². The summed E-state index contributed by atoms with van der Waals surface area (Å²) in [4.78, 5) is 12.1. The van der Waals surface area contributed by atoms with Crippen molar-refractivity contribution in [3.05, 3.63) is 92.4 Å². The van der Waals surface area contributed by atoms with Crippen LogP contribution in [-0.2, 0) is 6.61 Å². The summed E-state index contributed by atoms with van der Waals surface area (Å²) in [6.07, 6.45) is 1.52. The lowest BCUT2D eigenvalue weighted by Gasteiger charge is -2.13. The first-order chi connectivity index (χ1) is 15.0. The first kappa shape index (κ1) is 22.9. The Labute approximate surface area is 195 Å². The molecule has 1 amide bonds. The van der Waals surface area contributed by atoms with Crippen molar-refractivity contribution >= 4 is 46.9 Å². The first-order valence-corrected chi connectivity index (χ1v) is 10.5. The van der Waals surface area contributed by atoms with Crippen molar-refractivity contribution in [1.82, 2.24) is 5.43 Å². The average molecular weight is 478 g/mol. The lowest BCUT2D eigenvalue weighted by atomic mass is 10.2. The molecule has 0 heterocycles. The van der Waals surface area contributed by atoms with Crippen LogP contribution in [0.25, 0.3) is 0 Å². The maximum Gasteiger partial charge on any atom is 0.271 e. The Bertz CT molecular complexity index is 1100. The normalized spacial score (nSPS) is 10.8. The van der Waals surface area contributed by atoms with Gasteiger partial charge in [-0.15, -0.1) is 0 Å². The molecule has 5 nitrogen and oxygen atoms in total. The second-order valence-corrected chi connectivity index (χ2v) is 7.64. The fraction of sp³-hybridized carbons (Fsp3) is 0.130. The topological polar surface area (TPSA) is 59.9 Å². The molecule has 3 aromatic rings. The van der Waals surface area contributed by atoms with E-state index in [4.69, 9.17) is 44.3 Å². The molecule has 0 bridgehead atoms. The zero-order valence-corrected chi connectivity index (χ0v) is 18.8. The zero-order valence-electron chi connectivity index (χ0n) is 16.6. The Morgan fingerprint density at radius 1 is 0.968 bits per heavy atom. The Morgan fingerprint density at radius 3 is 2.55 bits per heavy atom. The number of amides is 1. The second kappa shape index (κ2) is 11.0. The van der Waals surface area contributed by atoms with Crippen LogP contribution in [0.3, 0.4) is 0 Å². The predicted octanol–water partition coefficient (Wildman–Crippen LogP) is 6.39. The van der Waals surface area contributed by atoms with Gasteiger partial charge in [-0.1, -0.05) is 46.9 Å². The summed E-state index contributed by atoms with van der Waals surface area (Å²) in [6.45, 7) is 2.66. The number of nitrogens with one attached hydrogen (secondary N) is 1. The molecule has 0 saturated carbocycles. The Kier molecular flexibility index (Phi) is 8.18. The number of hydrogen-bond acceptors (Lipinski definition) is 4. The number of carbonyl (C=O) groups is 1. The van der Waals surface area contributed by atoms with Gasteiger partial charge in [-0.2, -0.15) is 5.10 Å². The molecule has 0 spiro atoms. The highest BCUT2D eigenvalue weighted by Crippen LogP contribution is 2.30. The molecule has 0 saturated heterocycles. The minimum Gasteiger partial charge on any atom is -0.490 e. The van der Waals surface area contributed by atoms with Gasteiger partial charge >= 0.3 is 0 Å². The number of ether oxygens (including phenoxy) is 2. The summed E-state index contributed by atoms with van der Waals surface area (Å²) in [5.74, 6) is 0.783. The highest BCUT2D eigenvalue weighted by Gasteiger charge is 2.08. The van der Waals surface area contributed by atoms with E-state index in [1.165, 1.54) is 6.21 Å². The summed E-state index contributed by atoms with van der Waals surface area (Å²) in [7, 11) is 0. The van der Waals surface area contributed by atoms with E-state index in [2.05, 4.69) is 10.5 Å². The summed E-state index contributed by atoms with van der Waals surface area (Å²) in [5.41, 5.74) is 4.51. The zero-order chi connectivity index (χ0) is 22.2. The molecule has 1 N–H and O–H groups in total. The van der Waals surface area contributed by atoms with Crippen LogP contribution in [0.1, 0.15) is 28.4 Å². The van der Waals surface area contributed by atoms with Gasteiger partial charge in [0.25, 0.3) is 5.91 Å². The summed E-state index contributed by atoms with van der Waals surface area (Å²) in [5, 5.41) is 5.44. The molecule has 0 aliphatic heterocycles. The minimum atomic E-state index is -0.356. The molecular weight excluding hydrogens is 459 g/mol. The van der Waals surface area contributed by atoms with E-state index in [1.807, 2.05) is 19.1 Å². The van der Waals surface area contributed by atoms with Crippen molar-refractivity contribution in [2.24, 2.45) is 5.10 Å². The van der Waals surface area contributed by atoms with Crippen molar-refractivity contribution in [2.75, 3.05) is 6.61 Å². The van der Waals surface area contributed by atoms with Crippen LogP contribution in [0.15, 0.2) is 65.8 Å². The molecule has 0 aliphatic rings. The van der Waals surface area contributed by atoms with Crippen LogP contribution in [0, 0.1) is 0 Å². The fourth-order valence-corrected chi connectivity index (χ4v) is 3.15. The number of nitrogens with zero attached hydrogens (tertiary/aromatic N) is 1. The highest BCUT2D eigenvalue weighted by atomic mass is 35.5. The van der Waals surface area contributed by atoms with Gasteiger partial charge in [0.1, 0.15) is 6.61 Å². The molecule has 31 heavy (non-hydrogen) atoms. The maximum atomic E-state index is 12.1. The molecular formula is C23H19Cl3N2O3. The van der Waals surface area contributed by atoms with Crippen LogP contribution in [0.2, 0.25) is 15.1 Å². The number of hydrogen-bond donors (Lipinski definition) is 1. The first-order valence-electron chi connectivity index (χ1n) is 9.39. The Morgan fingerprint density at radius 2 is 1.81 bits per heavy atom.